The van der Waals surface area contributed by atoms with E-state index in [9.17, 15) is 0 Å². The molecule has 1 nitrogen and oxygen atoms in total. The van der Waals surface area contributed by atoms with Gasteiger partial charge in [0.1, 0.15) is 0 Å². The van der Waals surface area contributed by atoms with Crippen LogP contribution in [-0.2, 0) is 5.41 Å². The van der Waals surface area contributed by atoms with Crippen molar-refractivity contribution in [2.45, 2.75) is 15.2 Å². The largest absolute Gasteiger partial charge is 0.355 e. The van der Waals surface area contributed by atoms with Gasteiger partial charge in [-0.05, 0) is 97.7 Å². The summed E-state index contributed by atoms with van der Waals surface area (Å²) in [7, 11) is 0. The van der Waals surface area contributed by atoms with Gasteiger partial charge in [-0.25, -0.2) is 0 Å². The molecule has 1 aromatic heterocycles. The molecular weight excluding hydrogens is 643 g/mol. The van der Waals surface area contributed by atoms with Crippen LogP contribution in [0.3, 0.4) is 0 Å². The molecule has 1 N–H and O–H groups in total. The molecule has 8 aromatic carbocycles. The molecule has 50 heavy (non-hydrogen) atoms. The predicted molar refractivity (Wildman–Crippen MR) is 213 cm³/mol. The highest BCUT2D eigenvalue weighted by Crippen LogP contribution is 2.62. The molecule has 1 aliphatic carbocycles. The third-order valence-corrected chi connectivity index (χ3v) is 13.0. The molecule has 0 saturated carbocycles. The Morgan fingerprint density at radius 1 is 0.420 bits per heavy atom. The van der Waals surface area contributed by atoms with Gasteiger partial charge in [-0.2, -0.15) is 0 Å². The number of benzene rings is 8. The first kappa shape index (κ1) is 28.3. The van der Waals surface area contributed by atoms with Gasteiger partial charge in [0.2, 0.25) is 0 Å². The third kappa shape index (κ3) is 3.96. The van der Waals surface area contributed by atoms with Crippen LogP contribution in [0.4, 0.5) is 11.4 Å². The van der Waals surface area contributed by atoms with E-state index < -0.39 is 5.41 Å². The summed E-state index contributed by atoms with van der Waals surface area (Å²) in [5.41, 5.74) is 12.4. The summed E-state index contributed by atoms with van der Waals surface area (Å²) in [6.07, 6.45) is 0. The van der Waals surface area contributed by atoms with Crippen LogP contribution in [0.1, 0.15) is 22.3 Å². The van der Waals surface area contributed by atoms with Crippen molar-refractivity contribution in [3.05, 3.63) is 192 Å². The van der Waals surface area contributed by atoms with E-state index in [2.05, 4.69) is 175 Å². The van der Waals surface area contributed by atoms with Crippen molar-refractivity contribution in [1.29, 1.82) is 0 Å². The number of hydrogen-bond acceptors (Lipinski definition) is 3. The van der Waals surface area contributed by atoms with E-state index >= 15 is 0 Å². The second kappa shape index (κ2) is 10.7. The summed E-state index contributed by atoms with van der Waals surface area (Å²) >= 11 is 3.78. The zero-order valence-corrected chi connectivity index (χ0v) is 28.6. The summed E-state index contributed by atoms with van der Waals surface area (Å²) < 4.78 is 2.63. The van der Waals surface area contributed by atoms with Gasteiger partial charge in [0, 0.05) is 41.3 Å². The fraction of sp³-hybridized carbons (Fsp3) is 0.0213. The molecule has 1 aliphatic heterocycles. The lowest BCUT2D eigenvalue weighted by atomic mass is 9.67. The molecule has 2 aliphatic rings. The average Bonchev–Trinajstić information content (AvgIpc) is 3.69. The molecule has 0 saturated heterocycles. The fourth-order valence-corrected chi connectivity index (χ4v) is 11.0. The normalized spacial score (nSPS) is 13.7. The third-order valence-electron chi connectivity index (χ3n) is 10.7. The molecule has 3 heteroatoms. The Labute approximate surface area is 298 Å². The summed E-state index contributed by atoms with van der Waals surface area (Å²) in [4.78, 5) is 2.63. The number of fused-ring (bicyclic) bond motifs is 13. The molecular formula is C47H29NS2. The maximum Gasteiger partial charge on any atom is 0.0736 e. The van der Waals surface area contributed by atoms with Crippen LogP contribution in [0.5, 0.6) is 0 Å². The standard InChI is InChI=1S/C47H29NS2/c1-2-11-29(12-3-1)34-17-10-18-38-37-23-21-33(28-44(37)50-46(34)38)48-32-22-24-43-42(27-32)47(41-25-30-13-4-5-14-31(30)26-45(41)49-43)39-19-8-6-15-35(39)36-16-7-9-20-40(36)47/h1-28,48H. The van der Waals surface area contributed by atoms with Crippen molar-refractivity contribution >= 4 is 65.4 Å². The quantitative estimate of drug-likeness (QED) is 0.201. The lowest BCUT2D eigenvalue weighted by Crippen LogP contribution is -2.32. The molecule has 0 unspecified atom stereocenters. The average molecular weight is 672 g/mol. The lowest BCUT2D eigenvalue weighted by molar-refractivity contribution is 0.724. The van der Waals surface area contributed by atoms with Gasteiger partial charge in [0.15, 0.2) is 0 Å². The smallest absolute Gasteiger partial charge is 0.0736 e. The monoisotopic (exact) mass is 671 g/mol. The summed E-state index contributed by atoms with van der Waals surface area (Å²) in [6.45, 7) is 0. The molecule has 0 atom stereocenters. The van der Waals surface area contributed by atoms with E-state index in [1.807, 2.05) is 23.1 Å². The minimum absolute atomic E-state index is 0.423. The van der Waals surface area contributed by atoms with Gasteiger partial charge in [0.25, 0.3) is 0 Å². The van der Waals surface area contributed by atoms with Crippen molar-refractivity contribution in [2.75, 3.05) is 5.32 Å². The van der Waals surface area contributed by atoms with Crippen molar-refractivity contribution in [3.63, 3.8) is 0 Å². The molecule has 11 rings (SSSR count). The fourth-order valence-electron chi connectivity index (χ4n) is 8.55. The Bertz CT molecular complexity index is 2780. The van der Waals surface area contributed by atoms with Crippen molar-refractivity contribution in [1.82, 2.24) is 0 Å². The summed E-state index contributed by atoms with van der Waals surface area (Å²) in [5, 5.41) is 9.02. The molecule has 9 aromatic rings. The molecule has 0 bridgehead atoms. The molecule has 0 radical (unpaired) electrons. The van der Waals surface area contributed by atoms with Gasteiger partial charge in [0.05, 0.1) is 5.41 Å². The van der Waals surface area contributed by atoms with Crippen molar-refractivity contribution in [2.24, 2.45) is 0 Å². The number of anilines is 2. The second-order valence-electron chi connectivity index (χ2n) is 13.3. The van der Waals surface area contributed by atoms with Crippen LogP contribution in [0, 0.1) is 0 Å². The van der Waals surface area contributed by atoms with Gasteiger partial charge in [-0.15, -0.1) is 11.3 Å². The number of rotatable bonds is 3. The number of nitrogens with one attached hydrogen (secondary N) is 1. The number of thiophene rings is 1. The van der Waals surface area contributed by atoms with Gasteiger partial charge < -0.3 is 5.32 Å². The van der Waals surface area contributed by atoms with Crippen LogP contribution < -0.4 is 5.32 Å². The Morgan fingerprint density at radius 3 is 1.86 bits per heavy atom. The first-order chi connectivity index (χ1) is 24.8. The van der Waals surface area contributed by atoms with Gasteiger partial charge in [-0.3, -0.25) is 0 Å². The topological polar surface area (TPSA) is 12.0 Å². The van der Waals surface area contributed by atoms with E-state index in [4.69, 9.17) is 0 Å². The number of hydrogen-bond donors (Lipinski definition) is 1. The second-order valence-corrected chi connectivity index (χ2v) is 15.5. The highest BCUT2D eigenvalue weighted by Gasteiger charge is 2.50. The van der Waals surface area contributed by atoms with Crippen LogP contribution in [0.15, 0.2) is 180 Å². The van der Waals surface area contributed by atoms with E-state index in [1.54, 1.807) is 0 Å². The van der Waals surface area contributed by atoms with E-state index in [0.29, 0.717) is 0 Å². The first-order valence-corrected chi connectivity index (χ1v) is 18.7. The molecule has 234 valence electrons. The molecule has 2 heterocycles. The zero-order valence-electron chi connectivity index (χ0n) is 27.0. The van der Waals surface area contributed by atoms with Gasteiger partial charge in [-0.1, -0.05) is 139 Å². The minimum Gasteiger partial charge on any atom is -0.355 e. The first-order valence-electron chi connectivity index (χ1n) is 17.1. The predicted octanol–water partition coefficient (Wildman–Crippen LogP) is 13.4. The Morgan fingerprint density at radius 2 is 1.06 bits per heavy atom. The minimum atomic E-state index is -0.423. The maximum atomic E-state index is 3.84. The Hall–Kier alpha value is -5.61. The van der Waals surface area contributed by atoms with Crippen molar-refractivity contribution in [3.8, 4) is 22.3 Å². The van der Waals surface area contributed by atoms with E-state index in [1.165, 1.54) is 85.2 Å². The summed E-state index contributed by atoms with van der Waals surface area (Å²) in [5.74, 6) is 0. The van der Waals surface area contributed by atoms with Crippen LogP contribution in [0.2, 0.25) is 0 Å². The molecule has 0 amide bonds. The lowest BCUT2D eigenvalue weighted by Gasteiger charge is -2.40. The van der Waals surface area contributed by atoms with Gasteiger partial charge >= 0.3 is 0 Å². The highest BCUT2D eigenvalue weighted by molar-refractivity contribution is 7.99. The molecule has 0 fully saturated rings. The summed E-state index contributed by atoms with van der Waals surface area (Å²) in [6, 6.07) is 63.0. The highest BCUT2D eigenvalue weighted by atomic mass is 32.2. The van der Waals surface area contributed by atoms with E-state index in [0.717, 1.165) is 11.4 Å². The maximum absolute atomic E-state index is 3.84. The van der Waals surface area contributed by atoms with E-state index in [-0.39, 0.29) is 0 Å². The van der Waals surface area contributed by atoms with Crippen molar-refractivity contribution < 1.29 is 0 Å². The SMILES string of the molecule is c1ccc(-c2cccc3c2sc2cc(Nc4ccc5c(c4)C4(c6cc7ccccc7cc6S5)c5ccccc5-c5ccccc54)ccc23)cc1. The zero-order chi connectivity index (χ0) is 32.8. The Balaban J connectivity index is 1.08. The Kier molecular flexibility index (Phi) is 6.04. The van der Waals surface area contributed by atoms with Crippen LogP contribution in [-0.4, -0.2) is 0 Å². The van der Waals surface area contributed by atoms with Crippen LogP contribution >= 0.6 is 23.1 Å². The van der Waals surface area contributed by atoms with Crippen LogP contribution in [0.25, 0.3) is 53.2 Å². The molecule has 1 spiro atoms.